The molecule has 1 aliphatic rings. The van der Waals surface area contributed by atoms with Crippen molar-refractivity contribution in [3.63, 3.8) is 0 Å². The molecule has 4 heteroatoms. The number of carbonyl (C=O) groups excluding carboxylic acids is 2. The van der Waals surface area contributed by atoms with Gasteiger partial charge in [-0.15, -0.1) is 0 Å². The minimum absolute atomic E-state index is 0.0655. The van der Waals surface area contributed by atoms with E-state index in [1.165, 1.54) is 30.7 Å². The van der Waals surface area contributed by atoms with Crippen LogP contribution in [0.15, 0.2) is 24.3 Å². The highest BCUT2D eigenvalue weighted by molar-refractivity contribution is 5.97. The summed E-state index contributed by atoms with van der Waals surface area (Å²) >= 11 is 0. The first-order valence-corrected chi connectivity index (χ1v) is 7.64. The summed E-state index contributed by atoms with van der Waals surface area (Å²) in [4.78, 5) is 23.8. The molecule has 1 aromatic carbocycles. The van der Waals surface area contributed by atoms with Crippen molar-refractivity contribution in [2.24, 2.45) is 5.92 Å². The molecular weight excluding hydrogens is 269 g/mol. The number of Topliss-reactive ketones (excluding diaryl/α,β-unsaturated/α-hetero) is 1. The number of amides is 1. The average Bonchev–Trinajstić information content (AvgIpc) is 2.48. The lowest BCUT2D eigenvalue weighted by molar-refractivity contribution is -0.122. The normalized spacial score (nSPS) is 21.8. The molecule has 0 spiro atoms. The number of hydrogen-bond acceptors (Lipinski definition) is 2. The molecule has 2 unspecified atom stereocenters. The zero-order valence-corrected chi connectivity index (χ0v) is 12.4. The summed E-state index contributed by atoms with van der Waals surface area (Å²) in [6.45, 7) is 2.16. The van der Waals surface area contributed by atoms with Crippen LogP contribution in [-0.2, 0) is 4.79 Å². The molecule has 1 aromatic rings. The van der Waals surface area contributed by atoms with Crippen molar-refractivity contribution in [2.45, 2.75) is 51.5 Å². The van der Waals surface area contributed by atoms with Gasteiger partial charge in [0.2, 0.25) is 5.91 Å². The van der Waals surface area contributed by atoms with Gasteiger partial charge >= 0.3 is 0 Å². The number of rotatable bonds is 5. The van der Waals surface area contributed by atoms with Crippen LogP contribution in [0.4, 0.5) is 4.39 Å². The fourth-order valence-corrected chi connectivity index (χ4v) is 2.82. The van der Waals surface area contributed by atoms with Crippen LogP contribution in [0, 0.1) is 11.7 Å². The summed E-state index contributed by atoms with van der Waals surface area (Å²) in [5.74, 6) is -0.0443. The molecule has 1 aliphatic carbocycles. The van der Waals surface area contributed by atoms with Crippen molar-refractivity contribution in [3.8, 4) is 0 Å². The largest absolute Gasteiger partial charge is 0.353 e. The lowest BCUT2D eigenvalue weighted by Gasteiger charge is -2.29. The Hall–Kier alpha value is -1.71. The van der Waals surface area contributed by atoms with E-state index in [0.717, 1.165) is 19.3 Å². The van der Waals surface area contributed by atoms with Crippen molar-refractivity contribution < 1.29 is 14.0 Å². The van der Waals surface area contributed by atoms with Gasteiger partial charge in [-0.1, -0.05) is 19.8 Å². The number of benzene rings is 1. The van der Waals surface area contributed by atoms with Crippen LogP contribution >= 0.6 is 0 Å². The lowest BCUT2D eigenvalue weighted by Crippen LogP contribution is -2.41. The predicted octanol–water partition coefficient (Wildman–Crippen LogP) is 3.48. The molecule has 2 rings (SSSR count). The molecule has 3 nitrogen and oxygen atoms in total. The maximum Gasteiger partial charge on any atom is 0.220 e. The second kappa shape index (κ2) is 7.34. The molecule has 2 atom stereocenters. The molecule has 0 radical (unpaired) electrons. The summed E-state index contributed by atoms with van der Waals surface area (Å²) in [6.07, 6.45) is 4.93. The molecule has 0 saturated heterocycles. The topological polar surface area (TPSA) is 46.2 Å². The first-order valence-electron chi connectivity index (χ1n) is 7.64. The molecule has 1 amide bonds. The summed E-state index contributed by atoms with van der Waals surface area (Å²) in [6, 6.07) is 5.68. The summed E-state index contributed by atoms with van der Waals surface area (Å²) in [7, 11) is 0. The third-order valence-corrected chi connectivity index (χ3v) is 4.20. The third-order valence-electron chi connectivity index (χ3n) is 4.20. The Morgan fingerprint density at radius 2 is 1.81 bits per heavy atom. The fraction of sp³-hybridized carbons (Fsp3) is 0.529. The molecule has 0 heterocycles. The lowest BCUT2D eigenvalue weighted by atomic mass is 9.86. The van der Waals surface area contributed by atoms with Gasteiger partial charge < -0.3 is 5.32 Å². The quantitative estimate of drug-likeness (QED) is 0.844. The van der Waals surface area contributed by atoms with Crippen molar-refractivity contribution in [1.82, 2.24) is 5.32 Å². The minimum Gasteiger partial charge on any atom is -0.353 e. The van der Waals surface area contributed by atoms with E-state index in [1.807, 2.05) is 0 Å². The molecule has 0 bridgehead atoms. The van der Waals surface area contributed by atoms with Gasteiger partial charge in [0.05, 0.1) is 0 Å². The highest BCUT2D eigenvalue weighted by Gasteiger charge is 2.22. The molecule has 0 aliphatic heterocycles. The first kappa shape index (κ1) is 15.7. The maximum atomic E-state index is 12.8. The van der Waals surface area contributed by atoms with Crippen LogP contribution in [0.3, 0.4) is 0 Å². The van der Waals surface area contributed by atoms with Crippen LogP contribution in [0.5, 0.6) is 0 Å². The van der Waals surface area contributed by atoms with Crippen molar-refractivity contribution in [3.05, 3.63) is 35.6 Å². The van der Waals surface area contributed by atoms with Gasteiger partial charge in [0, 0.05) is 24.4 Å². The number of ketones is 1. The second-order valence-electron chi connectivity index (χ2n) is 5.87. The summed E-state index contributed by atoms with van der Waals surface area (Å²) in [5, 5.41) is 3.03. The molecule has 21 heavy (non-hydrogen) atoms. The van der Waals surface area contributed by atoms with Crippen LogP contribution in [0.2, 0.25) is 0 Å². The minimum atomic E-state index is -0.365. The Bertz CT molecular complexity index is 498. The Labute approximate surface area is 124 Å². The Morgan fingerprint density at radius 1 is 1.14 bits per heavy atom. The highest BCUT2D eigenvalue weighted by Crippen LogP contribution is 2.23. The molecule has 1 saturated carbocycles. The van der Waals surface area contributed by atoms with E-state index in [1.54, 1.807) is 0 Å². The predicted molar refractivity (Wildman–Crippen MR) is 79.5 cm³/mol. The van der Waals surface area contributed by atoms with Gasteiger partial charge in [0.25, 0.3) is 0 Å². The zero-order chi connectivity index (χ0) is 15.2. The fourth-order valence-electron chi connectivity index (χ4n) is 2.82. The van der Waals surface area contributed by atoms with E-state index in [0.29, 0.717) is 11.5 Å². The molecule has 1 fully saturated rings. The summed E-state index contributed by atoms with van der Waals surface area (Å²) in [5.41, 5.74) is 0.454. The van der Waals surface area contributed by atoms with Gasteiger partial charge in [-0.3, -0.25) is 9.59 Å². The van der Waals surface area contributed by atoms with E-state index in [4.69, 9.17) is 0 Å². The van der Waals surface area contributed by atoms with Crippen LogP contribution < -0.4 is 5.32 Å². The van der Waals surface area contributed by atoms with E-state index >= 15 is 0 Å². The molecule has 1 N–H and O–H groups in total. The standard InChI is InChI=1S/C17H22FNO2/c1-12-4-2-3-5-15(12)19-17(21)11-10-16(20)13-6-8-14(18)9-7-13/h6-9,12,15H,2-5,10-11H2,1H3,(H,19,21). The maximum absolute atomic E-state index is 12.8. The van der Waals surface area contributed by atoms with Gasteiger partial charge in [-0.25, -0.2) is 4.39 Å². The van der Waals surface area contributed by atoms with Gasteiger partial charge in [0.15, 0.2) is 5.78 Å². The van der Waals surface area contributed by atoms with Gasteiger partial charge in [0.1, 0.15) is 5.82 Å². The zero-order valence-electron chi connectivity index (χ0n) is 12.4. The third kappa shape index (κ3) is 4.66. The monoisotopic (exact) mass is 291 g/mol. The van der Waals surface area contributed by atoms with Gasteiger partial charge in [-0.05, 0) is 43.0 Å². The number of halogens is 1. The van der Waals surface area contributed by atoms with Gasteiger partial charge in [-0.2, -0.15) is 0 Å². The van der Waals surface area contributed by atoms with Crippen molar-refractivity contribution >= 4 is 11.7 Å². The molecule has 114 valence electrons. The number of hydrogen-bond donors (Lipinski definition) is 1. The Morgan fingerprint density at radius 3 is 2.48 bits per heavy atom. The van der Waals surface area contributed by atoms with Crippen LogP contribution in [0.25, 0.3) is 0 Å². The van der Waals surface area contributed by atoms with Crippen LogP contribution in [0.1, 0.15) is 55.8 Å². The molecule has 0 aromatic heterocycles. The molecular formula is C17H22FNO2. The SMILES string of the molecule is CC1CCCCC1NC(=O)CCC(=O)c1ccc(F)cc1. The average molecular weight is 291 g/mol. The second-order valence-corrected chi connectivity index (χ2v) is 5.87. The Balaban J connectivity index is 1.78. The highest BCUT2D eigenvalue weighted by atomic mass is 19.1. The number of carbonyl (C=O) groups is 2. The summed E-state index contributed by atoms with van der Waals surface area (Å²) < 4.78 is 12.8. The Kier molecular flexibility index (Phi) is 5.48. The smallest absolute Gasteiger partial charge is 0.220 e. The van der Waals surface area contributed by atoms with E-state index < -0.39 is 0 Å². The van der Waals surface area contributed by atoms with E-state index in [9.17, 15) is 14.0 Å². The van der Waals surface area contributed by atoms with E-state index in [2.05, 4.69) is 12.2 Å². The van der Waals surface area contributed by atoms with Crippen LogP contribution in [-0.4, -0.2) is 17.7 Å². The van der Waals surface area contributed by atoms with E-state index in [-0.39, 0.29) is 36.4 Å². The van der Waals surface area contributed by atoms with Crippen molar-refractivity contribution in [1.29, 1.82) is 0 Å². The first-order chi connectivity index (χ1) is 10.1. The van der Waals surface area contributed by atoms with Crippen molar-refractivity contribution in [2.75, 3.05) is 0 Å². The number of nitrogens with one attached hydrogen (secondary N) is 1.